The Kier molecular flexibility index (Phi) is 4.43. The van der Waals surface area contributed by atoms with Gasteiger partial charge >= 0.3 is 0 Å². The molecule has 3 aromatic carbocycles. The maximum atomic E-state index is 13.4. The van der Waals surface area contributed by atoms with Gasteiger partial charge < -0.3 is 9.47 Å². The van der Waals surface area contributed by atoms with Crippen LogP contribution < -0.4 is 9.47 Å². The van der Waals surface area contributed by atoms with Gasteiger partial charge in [0, 0.05) is 12.0 Å². The van der Waals surface area contributed by atoms with Crippen molar-refractivity contribution in [2.45, 2.75) is 31.6 Å². The van der Waals surface area contributed by atoms with Crippen molar-refractivity contribution in [1.82, 2.24) is 0 Å². The fourth-order valence-electron chi connectivity index (χ4n) is 4.22. The van der Waals surface area contributed by atoms with E-state index >= 15 is 0 Å². The van der Waals surface area contributed by atoms with E-state index < -0.39 is 5.41 Å². The molecule has 4 nitrogen and oxygen atoms in total. The van der Waals surface area contributed by atoms with E-state index in [0.717, 1.165) is 58.4 Å². The van der Waals surface area contributed by atoms with Crippen LogP contribution in [0.5, 0.6) is 11.5 Å². The van der Waals surface area contributed by atoms with Crippen molar-refractivity contribution in [3.63, 3.8) is 0 Å². The lowest BCUT2D eigenvalue weighted by molar-refractivity contribution is -0.120. The molecule has 0 saturated heterocycles. The highest BCUT2D eigenvalue weighted by molar-refractivity contribution is 5.95. The number of Topliss-reactive ketones (excluding diaryl/α,β-unsaturated/α-hetero) is 1. The number of carbonyl (C=O) groups excluding carboxylic acids is 2. The molecule has 0 radical (unpaired) electrons. The summed E-state index contributed by atoms with van der Waals surface area (Å²) in [7, 11) is 0. The van der Waals surface area contributed by atoms with Crippen LogP contribution in [0.25, 0.3) is 11.1 Å². The molecule has 150 valence electrons. The molecule has 1 heterocycles. The van der Waals surface area contributed by atoms with Crippen molar-refractivity contribution in [1.29, 1.82) is 0 Å². The smallest absolute Gasteiger partial charge is 0.231 e. The zero-order valence-corrected chi connectivity index (χ0v) is 16.8. The Bertz CT molecular complexity index is 1160. The van der Waals surface area contributed by atoms with Gasteiger partial charge in [-0.3, -0.25) is 9.59 Å². The highest BCUT2D eigenvalue weighted by atomic mass is 16.7. The number of rotatable bonds is 6. The van der Waals surface area contributed by atoms with E-state index in [0.29, 0.717) is 12.0 Å². The highest BCUT2D eigenvalue weighted by Gasteiger charge is 2.50. The molecule has 0 bridgehead atoms. The second kappa shape index (κ2) is 7.13. The summed E-state index contributed by atoms with van der Waals surface area (Å²) in [5.41, 5.74) is 5.36. The molecule has 2 aliphatic rings. The van der Waals surface area contributed by atoms with Crippen molar-refractivity contribution in [2.75, 3.05) is 6.79 Å². The van der Waals surface area contributed by atoms with Crippen LogP contribution in [0.3, 0.4) is 0 Å². The minimum absolute atomic E-state index is 0.233. The van der Waals surface area contributed by atoms with Gasteiger partial charge in [-0.05, 0) is 65.8 Å². The molecule has 5 rings (SSSR count). The summed E-state index contributed by atoms with van der Waals surface area (Å²) < 4.78 is 10.9. The molecule has 0 spiro atoms. The molecule has 4 heteroatoms. The standard InChI is InChI=1S/C26H22O4/c1-17-5-6-20(19-4-2-3-18(11-19)15-27)12-21(17)13-25(28)26(9-10-26)22-7-8-23-24(14-22)30-16-29-23/h2-8,11-12,14-15H,9-10,13,16H2,1H3. The Morgan fingerprint density at radius 2 is 1.77 bits per heavy atom. The van der Waals surface area contributed by atoms with Crippen LogP contribution in [0.15, 0.2) is 60.7 Å². The molecule has 0 atom stereocenters. The maximum Gasteiger partial charge on any atom is 0.231 e. The molecule has 0 amide bonds. The quantitative estimate of drug-likeness (QED) is 0.546. The fraction of sp³-hybridized carbons (Fsp3) is 0.231. The first-order valence-electron chi connectivity index (χ1n) is 10.2. The van der Waals surface area contributed by atoms with Crippen LogP contribution in [0, 0.1) is 6.92 Å². The van der Waals surface area contributed by atoms with Gasteiger partial charge in [0.25, 0.3) is 0 Å². The lowest BCUT2D eigenvalue weighted by atomic mass is 9.86. The summed E-state index contributed by atoms with van der Waals surface area (Å²) in [6.45, 7) is 2.27. The second-order valence-electron chi connectivity index (χ2n) is 8.13. The topological polar surface area (TPSA) is 52.6 Å². The number of benzene rings is 3. The molecular weight excluding hydrogens is 376 g/mol. The third kappa shape index (κ3) is 3.18. The Balaban J connectivity index is 1.42. The number of fused-ring (bicyclic) bond motifs is 1. The van der Waals surface area contributed by atoms with E-state index in [9.17, 15) is 9.59 Å². The third-order valence-corrected chi connectivity index (χ3v) is 6.27. The van der Waals surface area contributed by atoms with Gasteiger partial charge in [0.15, 0.2) is 11.5 Å². The van der Waals surface area contributed by atoms with Crippen LogP contribution in [0.2, 0.25) is 0 Å². The van der Waals surface area contributed by atoms with Crippen LogP contribution in [-0.4, -0.2) is 18.9 Å². The number of hydrogen-bond acceptors (Lipinski definition) is 4. The summed E-state index contributed by atoms with van der Waals surface area (Å²) in [5, 5.41) is 0. The van der Waals surface area contributed by atoms with Gasteiger partial charge in [0.1, 0.15) is 12.1 Å². The van der Waals surface area contributed by atoms with Gasteiger partial charge in [-0.2, -0.15) is 0 Å². The van der Waals surface area contributed by atoms with Crippen LogP contribution in [0.1, 0.15) is 39.9 Å². The Morgan fingerprint density at radius 3 is 2.57 bits per heavy atom. The first-order chi connectivity index (χ1) is 14.6. The van der Waals surface area contributed by atoms with Gasteiger partial charge in [-0.1, -0.05) is 42.5 Å². The average Bonchev–Trinajstić information content (AvgIpc) is 3.46. The molecule has 0 N–H and O–H groups in total. The van der Waals surface area contributed by atoms with E-state index in [1.54, 1.807) is 6.07 Å². The predicted molar refractivity (Wildman–Crippen MR) is 114 cm³/mol. The molecule has 1 fully saturated rings. The lowest BCUT2D eigenvalue weighted by Crippen LogP contribution is -2.22. The normalized spacial score (nSPS) is 15.6. The van der Waals surface area contributed by atoms with Crippen LogP contribution >= 0.6 is 0 Å². The van der Waals surface area contributed by atoms with Gasteiger partial charge in [0.2, 0.25) is 6.79 Å². The summed E-state index contributed by atoms with van der Waals surface area (Å²) in [6, 6.07) is 19.5. The van der Waals surface area contributed by atoms with E-state index in [1.165, 1.54) is 0 Å². The summed E-state index contributed by atoms with van der Waals surface area (Å²) in [4.78, 5) is 24.5. The zero-order chi connectivity index (χ0) is 20.7. The molecule has 3 aromatic rings. The first kappa shape index (κ1) is 18.6. The van der Waals surface area contributed by atoms with Gasteiger partial charge in [-0.15, -0.1) is 0 Å². The number of aldehydes is 1. The molecule has 1 saturated carbocycles. The molecule has 0 aromatic heterocycles. The van der Waals surface area contributed by atoms with Gasteiger partial charge in [0.05, 0.1) is 5.41 Å². The predicted octanol–water partition coefficient (Wildman–Crippen LogP) is 5.05. The van der Waals surface area contributed by atoms with E-state index in [-0.39, 0.29) is 12.6 Å². The fourth-order valence-corrected chi connectivity index (χ4v) is 4.22. The molecule has 30 heavy (non-hydrogen) atoms. The van der Waals surface area contributed by atoms with Crippen molar-refractivity contribution in [2.24, 2.45) is 0 Å². The zero-order valence-electron chi connectivity index (χ0n) is 16.8. The van der Waals surface area contributed by atoms with Crippen molar-refractivity contribution < 1.29 is 19.1 Å². The third-order valence-electron chi connectivity index (χ3n) is 6.27. The molecule has 1 aliphatic carbocycles. The van der Waals surface area contributed by atoms with Crippen LogP contribution in [-0.2, 0) is 16.6 Å². The van der Waals surface area contributed by atoms with Crippen LogP contribution in [0.4, 0.5) is 0 Å². The summed E-state index contributed by atoms with van der Waals surface area (Å²) in [6.07, 6.45) is 2.98. The summed E-state index contributed by atoms with van der Waals surface area (Å²) >= 11 is 0. The minimum atomic E-state index is -0.416. The number of ether oxygens (including phenoxy) is 2. The molecule has 1 aliphatic heterocycles. The van der Waals surface area contributed by atoms with E-state index in [1.807, 2.05) is 55.5 Å². The monoisotopic (exact) mass is 398 g/mol. The number of carbonyl (C=O) groups is 2. The van der Waals surface area contributed by atoms with Crippen molar-refractivity contribution in [3.05, 3.63) is 82.9 Å². The van der Waals surface area contributed by atoms with Gasteiger partial charge in [-0.25, -0.2) is 0 Å². The van der Waals surface area contributed by atoms with Crippen molar-refractivity contribution in [3.8, 4) is 22.6 Å². The number of aryl methyl sites for hydroxylation is 1. The number of ketones is 1. The second-order valence-corrected chi connectivity index (χ2v) is 8.13. The lowest BCUT2D eigenvalue weighted by Gasteiger charge is -2.17. The largest absolute Gasteiger partial charge is 0.454 e. The van der Waals surface area contributed by atoms with E-state index in [2.05, 4.69) is 6.07 Å². The Hall–Kier alpha value is -3.40. The first-order valence-corrected chi connectivity index (χ1v) is 10.2. The SMILES string of the molecule is Cc1ccc(-c2cccc(C=O)c2)cc1CC(=O)C1(c2ccc3c(c2)OCO3)CC1. The van der Waals surface area contributed by atoms with E-state index in [4.69, 9.17) is 9.47 Å². The minimum Gasteiger partial charge on any atom is -0.454 e. The Labute approximate surface area is 175 Å². The Morgan fingerprint density at radius 1 is 0.967 bits per heavy atom. The highest BCUT2D eigenvalue weighted by Crippen LogP contribution is 2.51. The number of hydrogen-bond donors (Lipinski definition) is 0. The molecule has 0 unspecified atom stereocenters. The molecular formula is C26H22O4. The maximum absolute atomic E-state index is 13.4. The van der Waals surface area contributed by atoms with Crippen molar-refractivity contribution >= 4 is 12.1 Å². The summed E-state index contributed by atoms with van der Waals surface area (Å²) in [5.74, 6) is 1.70. The average molecular weight is 398 g/mol.